The molecule has 2 saturated carbocycles. The Morgan fingerprint density at radius 1 is 0.641 bits per heavy atom. The number of guanidine groups is 1. The summed E-state index contributed by atoms with van der Waals surface area (Å²) < 4.78 is 4.97. The van der Waals surface area contributed by atoms with Crippen LogP contribution in [0.25, 0.3) is 33.3 Å². The number of carbonyl (C=O) groups excluding carboxylic acids is 2. The van der Waals surface area contributed by atoms with E-state index in [1.54, 1.807) is 23.5 Å². The molecule has 0 spiro atoms. The van der Waals surface area contributed by atoms with Gasteiger partial charge in [-0.15, -0.1) is 23.5 Å². The maximum Gasteiger partial charge on any atom is 0.225 e. The van der Waals surface area contributed by atoms with Crippen molar-refractivity contribution in [1.82, 2.24) is 34.3 Å². The van der Waals surface area contributed by atoms with E-state index in [-0.39, 0.29) is 0 Å². The summed E-state index contributed by atoms with van der Waals surface area (Å²) in [6, 6.07) is 25.3. The average Bonchev–Trinajstić information content (AvgIpc) is 4.23. The first-order valence-electron chi connectivity index (χ1n) is 22.4. The normalized spacial score (nSPS) is 17.5. The van der Waals surface area contributed by atoms with Crippen LogP contribution >= 0.6 is 23.5 Å². The molecule has 3 aliphatic heterocycles. The van der Waals surface area contributed by atoms with Gasteiger partial charge in [0.1, 0.15) is 4.38 Å². The third kappa shape index (κ3) is 9.29. The summed E-state index contributed by atoms with van der Waals surface area (Å²) >= 11 is 3.33. The van der Waals surface area contributed by atoms with E-state index >= 15 is 0 Å². The number of thioether (sulfide) groups is 2. The molecule has 0 atom stereocenters. The number of carbonyl (C=O) groups is 2. The number of hydrogen-bond acceptors (Lipinski definition) is 12. The van der Waals surface area contributed by atoms with Crippen LogP contribution in [-0.2, 0) is 9.59 Å². The fourth-order valence-corrected chi connectivity index (χ4v) is 9.80. The Labute approximate surface area is 382 Å². The SMILES string of the molecule is CSC(=Nc1ccc(-c2cc3c(N4CCN(C(=O)C5CC5)CC4)ccnn3c2)cc1)SC.O=C(C1CC1)N1CCN(c2ccnn3cc(-c4ccc(NC5=NCCN5)cc4)cc23)CC1. The lowest BCUT2D eigenvalue weighted by molar-refractivity contribution is -0.133. The summed E-state index contributed by atoms with van der Waals surface area (Å²) in [6.07, 6.45) is 16.3. The van der Waals surface area contributed by atoms with Crippen LogP contribution in [0.2, 0.25) is 0 Å². The molecule has 2 aliphatic carbocycles. The third-order valence-electron chi connectivity index (χ3n) is 12.6. The van der Waals surface area contributed by atoms with Crippen molar-refractivity contribution in [3.05, 3.63) is 97.6 Å². The second kappa shape index (κ2) is 18.6. The van der Waals surface area contributed by atoms with Crippen LogP contribution in [0.4, 0.5) is 22.7 Å². The fraction of sp³-hybridized carbons (Fsp3) is 0.375. The molecule has 0 radical (unpaired) electrons. The number of benzene rings is 2. The van der Waals surface area contributed by atoms with Gasteiger partial charge < -0.3 is 30.2 Å². The highest BCUT2D eigenvalue weighted by atomic mass is 32.2. The molecular formula is C48H54N12O2S2. The number of anilines is 3. The van der Waals surface area contributed by atoms with Crippen molar-refractivity contribution in [2.75, 3.05) is 93.1 Å². The van der Waals surface area contributed by atoms with E-state index in [1.807, 2.05) is 43.7 Å². The van der Waals surface area contributed by atoms with Crippen LogP contribution < -0.4 is 20.4 Å². The number of aliphatic imine (C=N–C) groups is 2. The number of amides is 2. The predicted molar refractivity (Wildman–Crippen MR) is 262 cm³/mol. The molecule has 4 fully saturated rings. The largest absolute Gasteiger partial charge is 0.366 e. The highest BCUT2D eigenvalue weighted by Crippen LogP contribution is 2.35. The number of nitrogens with one attached hydrogen (secondary N) is 2. The van der Waals surface area contributed by atoms with Gasteiger partial charge in [0.15, 0.2) is 5.96 Å². The number of aromatic nitrogens is 4. The number of fused-ring (bicyclic) bond motifs is 2. The van der Waals surface area contributed by atoms with E-state index in [0.717, 1.165) is 146 Å². The molecule has 14 nitrogen and oxygen atoms in total. The first-order chi connectivity index (χ1) is 31.4. The Morgan fingerprint density at radius 3 is 1.56 bits per heavy atom. The number of nitrogens with zero attached hydrogens (tertiary/aromatic N) is 10. The van der Waals surface area contributed by atoms with Crippen LogP contribution in [0.3, 0.4) is 0 Å². The maximum atomic E-state index is 12.4. The molecular weight excluding hydrogens is 841 g/mol. The first kappa shape index (κ1) is 42.0. The average molecular weight is 895 g/mol. The van der Waals surface area contributed by atoms with Crippen molar-refractivity contribution in [1.29, 1.82) is 0 Å². The molecule has 11 rings (SSSR count). The van der Waals surface area contributed by atoms with Crippen molar-refractivity contribution in [2.24, 2.45) is 21.8 Å². The Hall–Kier alpha value is -6.00. The molecule has 0 bridgehead atoms. The van der Waals surface area contributed by atoms with E-state index < -0.39 is 0 Å². The van der Waals surface area contributed by atoms with Crippen molar-refractivity contribution in [2.45, 2.75) is 25.7 Å². The molecule has 16 heteroatoms. The molecule has 5 aliphatic rings. The predicted octanol–water partition coefficient (Wildman–Crippen LogP) is 7.20. The molecule has 2 N–H and O–H groups in total. The molecule has 64 heavy (non-hydrogen) atoms. The fourth-order valence-electron chi connectivity index (χ4n) is 8.74. The van der Waals surface area contributed by atoms with Gasteiger partial charge in [-0.05, 0) is 97.9 Å². The van der Waals surface area contributed by atoms with E-state index in [1.165, 1.54) is 11.4 Å². The smallest absolute Gasteiger partial charge is 0.225 e. The molecule has 0 unspecified atom stereocenters. The molecule has 4 aromatic heterocycles. The Balaban J connectivity index is 0.000000151. The standard InChI is InChI=1S/C24H27N7O.C24H27N5OS2/c32-23(18-1-2-18)30-13-11-29(12-14-30)21-7-8-27-31-16-19(15-22(21)31)17-3-5-20(6-4-17)28-24-25-9-10-26-24;1-31-24(32-2)26-20-7-5-17(6-8-20)19-15-22-21(9-10-25-29(22)16-19)27-11-13-28(14-12-27)23(30)18-3-4-18/h3-8,15-16,18H,1-2,9-14H2,(H2,25,26,28);5-10,15-16,18H,3-4,11-14H2,1-2H3. The van der Waals surface area contributed by atoms with Gasteiger partial charge in [0.2, 0.25) is 11.8 Å². The number of rotatable bonds is 8. The lowest BCUT2D eigenvalue weighted by Crippen LogP contribution is -2.49. The monoisotopic (exact) mass is 894 g/mol. The molecule has 2 amide bonds. The lowest BCUT2D eigenvalue weighted by atomic mass is 10.1. The van der Waals surface area contributed by atoms with Crippen molar-refractivity contribution in [3.63, 3.8) is 0 Å². The van der Waals surface area contributed by atoms with E-state index in [2.05, 4.69) is 126 Å². The van der Waals surface area contributed by atoms with Crippen molar-refractivity contribution >= 4 is 79.5 Å². The molecule has 7 heterocycles. The summed E-state index contributed by atoms with van der Waals surface area (Å²) in [5.74, 6) is 2.13. The van der Waals surface area contributed by atoms with Gasteiger partial charge >= 0.3 is 0 Å². The van der Waals surface area contributed by atoms with Gasteiger partial charge in [-0.2, -0.15) is 10.2 Å². The van der Waals surface area contributed by atoms with Crippen LogP contribution in [0.15, 0.2) is 108 Å². The topological polar surface area (TPSA) is 130 Å². The zero-order valence-electron chi connectivity index (χ0n) is 36.4. The zero-order chi connectivity index (χ0) is 43.6. The molecule has 6 aromatic rings. The van der Waals surface area contributed by atoms with E-state index in [0.29, 0.717) is 23.7 Å². The summed E-state index contributed by atoms with van der Waals surface area (Å²) in [5, 5.41) is 15.6. The Morgan fingerprint density at radius 2 is 1.12 bits per heavy atom. The van der Waals surface area contributed by atoms with E-state index in [9.17, 15) is 9.59 Å². The van der Waals surface area contributed by atoms with Gasteiger partial charge in [0.25, 0.3) is 0 Å². The van der Waals surface area contributed by atoms with Gasteiger partial charge in [-0.1, -0.05) is 24.3 Å². The minimum absolute atomic E-state index is 0.298. The minimum atomic E-state index is 0.298. The van der Waals surface area contributed by atoms with Crippen LogP contribution in [0.5, 0.6) is 0 Å². The van der Waals surface area contributed by atoms with Gasteiger partial charge in [0.05, 0.1) is 34.6 Å². The highest BCUT2D eigenvalue weighted by Gasteiger charge is 2.36. The molecule has 2 saturated heterocycles. The van der Waals surface area contributed by atoms with Gasteiger partial charge in [-0.3, -0.25) is 14.6 Å². The van der Waals surface area contributed by atoms with Crippen molar-refractivity contribution < 1.29 is 9.59 Å². The maximum absolute atomic E-state index is 12.4. The van der Waals surface area contributed by atoms with Gasteiger partial charge in [0, 0.05) is 112 Å². The Bertz CT molecular complexity index is 2680. The zero-order valence-corrected chi connectivity index (χ0v) is 38.0. The van der Waals surface area contributed by atoms with Crippen LogP contribution in [0.1, 0.15) is 25.7 Å². The first-order valence-corrected chi connectivity index (χ1v) is 24.8. The quantitative estimate of drug-likeness (QED) is 0.120. The second-order valence-corrected chi connectivity index (χ2v) is 18.8. The summed E-state index contributed by atoms with van der Waals surface area (Å²) in [4.78, 5) is 42.6. The third-order valence-corrected chi connectivity index (χ3v) is 14.5. The lowest BCUT2D eigenvalue weighted by Gasteiger charge is -2.36. The van der Waals surface area contributed by atoms with Crippen LogP contribution in [-0.4, -0.2) is 129 Å². The molecule has 330 valence electrons. The number of hydrogen-bond donors (Lipinski definition) is 2. The summed E-state index contributed by atoms with van der Waals surface area (Å²) in [6.45, 7) is 8.34. The summed E-state index contributed by atoms with van der Waals surface area (Å²) in [7, 11) is 0. The Kier molecular flexibility index (Phi) is 12.2. The second-order valence-electron chi connectivity index (χ2n) is 16.9. The minimum Gasteiger partial charge on any atom is -0.366 e. The van der Waals surface area contributed by atoms with Gasteiger partial charge in [-0.25, -0.2) is 14.0 Å². The number of piperazine rings is 2. The van der Waals surface area contributed by atoms with Crippen molar-refractivity contribution in [3.8, 4) is 22.3 Å². The van der Waals surface area contributed by atoms with E-state index in [4.69, 9.17) is 0 Å². The summed E-state index contributed by atoms with van der Waals surface area (Å²) in [5.41, 5.74) is 11.1. The van der Waals surface area contributed by atoms with Crippen LogP contribution in [0, 0.1) is 11.8 Å². The molecule has 2 aromatic carbocycles. The highest BCUT2D eigenvalue weighted by molar-refractivity contribution is 8.38.